The van der Waals surface area contributed by atoms with Crippen molar-refractivity contribution in [3.05, 3.63) is 29.3 Å². The first-order valence-electron chi connectivity index (χ1n) is 5.02. The van der Waals surface area contributed by atoms with Crippen LogP contribution in [-0.4, -0.2) is 20.3 Å². The molecule has 1 aromatic carbocycles. The highest BCUT2D eigenvalue weighted by Crippen LogP contribution is 2.26. The third-order valence-electron chi connectivity index (χ3n) is 2.93. The zero-order valence-electron chi connectivity index (χ0n) is 8.75. The highest BCUT2D eigenvalue weighted by molar-refractivity contribution is 5.37. The number of ether oxygens (including phenoxy) is 2. The van der Waals surface area contributed by atoms with Crippen LogP contribution in [0.15, 0.2) is 18.2 Å². The van der Waals surface area contributed by atoms with Gasteiger partial charge in [-0.25, -0.2) is 0 Å². The first kappa shape index (κ1) is 9.53. The Hall–Kier alpha value is -1.02. The molecule has 76 valence electrons. The van der Waals surface area contributed by atoms with Gasteiger partial charge in [0, 0.05) is 7.11 Å². The molecule has 1 atom stereocenters. The molecule has 0 aromatic heterocycles. The lowest BCUT2D eigenvalue weighted by molar-refractivity contribution is 0.0910. The van der Waals surface area contributed by atoms with Crippen LogP contribution in [0, 0.1) is 0 Å². The molecule has 0 saturated heterocycles. The fraction of sp³-hybridized carbons (Fsp3) is 0.500. The minimum atomic E-state index is 0.384. The van der Waals surface area contributed by atoms with Crippen LogP contribution in [0.3, 0.4) is 0 Å². The molecule has 0 bridgehead atoms. The van der Waals surface area contributed by atoms with Crippen molar-refractivity contribution in [1.29, 1.82) is 0 Å². The highest BCUT2D eigenvalue weighted by atomic mass is 16.5. The summed E-state index contributed by atoms with van der Waals surface area (Å²) in [5.74, 6) is 0.945. The zero-order chi connectivity index (χ0) is 9.97. The van der Waals surface area contributed by atoms with Gasteiger partial charge in [0.2, 0.25) is 0 Å². The number of fused-ring (bicyclic) bond motifs is 1. The summed E-state index contributed by atoms with van der Waals surface area (Å²) < 4.78 is 10.6. The van der Waals surface area contributed by atoms with Crippen molar-refractivity contribution >= 4 is 0 Å². The van der Waals surface area contributed by atoms with Crippen molar-refractivity contribution in [2.24, 2.45) is 0 Å². The summed E-state index contributed by atoms with van der Waals surface area (Å²) in [4.78, 5) is 0. The van der Waals surface area contributed by atoms with Gasteiger partial charge in [0.05, 0.1) is 13.2 Å². The third-order valence-corrected chi connectivity index (χ3v) is 2.93. The molecule has 14 heavy (non-hydrogen) atoms. The molecule has 1 aliphatic rings. The molecular weight excluding hydrogens is 176 g/mol. The summed E-state index contributed by atoms with van der Waals surface area (Å²) in [6.07, 6.45) is 3.66. The zero-order valence-corrected chi connectivity index (χ0v) is 8.75. The third kappa shape index (κ3) is 1.75. The van der Waals surface area contributed by atoms with E-state index in [0.29, 0.717) is 6.10 Å². The van der Waals surface area contributed by atoms with Gasteiger partial charge >= 0.3 is 0 Å². The SMILES string of the molecule is COc1ccc2c(c1)CC(OC)CC2. The summed E-state index contributed by atoms with van der Waals surface area (Å²) in [6.45, 7) is 0. The maximum absolute atomic E-state index is 5.38. The van der Waals surface area contributed by atoms with Gasteiger partial charge < -0.3 is 9.47 Å². The Morgan fingerprint density at radius 1 is 1.21 bits per heavy atom. The summed E-state index contributed by atoms with van der Waals surface area (Å²) >= 11 is 0. The molecule has 0 aliphatic heterocycles. The van der Waals surface area contributed by atoms with Crippen LogP contribution in [-0.2, 0) is 17.6 Å². The fourth-order valence-electron chi connectivity index (χ4n) is 2.03. The number of rotatable bonds is 2. The highest BCUT2D eigenvalue weighted by Gasteiger charge is 2.18. The number of aryl methyl sites for hydroxylation is 1. The van der Waals surface area contributed by atoms with Crippen molar-refractivity contribution < 1.29 is 9.47 Å². The number of hydrogen-bond donors (Lipinski definition) is 0. The Kier molecular flexibility index (Phi) is 2.73. The van der Waals surface area contributed by atoms with Crippen LogP contribution < -0.4 is 4.74 Å². The second-order valence-electron chi connectivity index (χ2n) is 3.74. The molecule has 2 nitrogen and oxygen atoms in total. The van der Waals surface area contributed by atoms with Crippen molar-refractivity contribution in [3.8, 4) is 5.75 Å². The van der Waals surface area contributed by atoms with E-state index in [1.165, 1.54) is 11.1 Å². The lowest BCUT2D eigenvalue weighted by atomic mass is 9.89. The monoisotopic (exact) mass is 192 g/mol. The Morgan fingerprint density at radius 2 is 2.07 bits per heavy atom. The molecular formula is C12H16O2. The van der Waals surface area contributed by atoms with E-state index in [9.17, 15) is 0 Å². The van der Waals surface area contributed by atoms with E-state index in [1.807, 2.05) is 6.07 Å². The molecule has 0 spiro atoms. The molecule has 1 aromatic rings. The minimum absolute atomic E-state index is 0.384. The van der Waals surface area contributed by atoms with Crippen LogP contribution in [0.4, 0.5) is 0 Å². The predicted octanol–water partition coefficient (Wildman–Crippen LogP) is 2.20. The van der Waals surface area contributed by atoms with Gasteiger partial charge in [-0.1, -0.05) is 6.07 Å². The average Bonchev–Trinajstić information content (AvgIpc) is 2.27. The summed E-state index contributed by atoms with van der Waals surface area (Å²) in [6, 6.07) is 6.33. The van der Waals surface area contributed by atoms with E-state index in [0.717, 1.165) is 25.0 Å². The molecule has 0 fully saturated rings. The Labute approximate surface area is 84.8 Å². The lowest BCUT2D eigenvalue weighted by Gasteiger charge is -2.23. The lowest BCUT2D eigenvalue weighted by Crippen LogP contribution is -2.20. The number of hydrogen-bond acceptors (Lipinski definition) is 2. The van der Waals surface area contributed by atoms with Crippen molar-refractivity contribution in [1.82, 2.24) is 0 Å². The van der Waals surface area contributed by atoms with E-state index >= 15 is 0 Å². The minimum Gasteiger partial charge on any atom is -0.497 e. The Bertz CT molecular complexity index is 320. The van der Waals surface area contributed by atoms with E-state index < -0.39 is 0 Å². The average molecular weight is 192 g/mol. The standard InChI is InChI=1S/C12H16O2/c1-13-11-5-3-9-4-6-12(14-2)8-10(9)7-11/h3,5,7,12H,4,6,8H2,1-2H3. The summed E-state index contributed by atoms with van der Waals surface area (Å²) in [5.41, 5.74) is 2.82. The van der Waals surface area contributed by atoms with Crippen LogP contribution in [0.5, 0.6) is 5.75 Å². The van der Waals surface area contributed by atoms with Gasteiger partial charge in [-0.15, -0.1) is 0 Å². The summed E-state index contributed by atoms with van der Waals surface area (Å²) in [5, 5.41) is 0. The molecule has 0 saturated carbocycles. The topological polar surface area (TPSA) is 18.5 Å². The maximum Gasteiger partial charge on any atom is 0.119 e. The fourth-order valence-corrected chi connectivity index (χ4v) is 2.03. The summed E-state index contributed by atoms with van der Waals surface area (Å²) in [7, 11) is 3.49. The smallest absolute Gasteiger partial charge is 0.119 e. The largest absolute Gasteiger partial charge is 0.497 e. The van der Waals surface area contributed by atoms with Crippen molar-refractivity contribution in [3.63, 3.8) is 0 Å². The number of methoxy groups -OCH3 is 2. The van der Waals surface area contributed by atoms with Crippen LogP contribution in [0.25, 0.3) is 0 Å². The molecule has 2 heteroatoms. The van der Waals surface area contributed by atoms with Gasteiger partial charge in [0.1, 0.15) is 5.75 Å². The second kappa shape index (κ2) is 4.01. The van der Waals surface area contributed by atoms with Gasteiger partial charge in [0.25, 0.3) is 0 Å². The van der Waals surface area contributed by atoms with Gasteiger partial charge in [-0.3, -0.25) is 0 Å². The normalized spacial score (nSPS) is 20.3. The number of benzene rings is 1. The quantitative estimate of drug-likeness (QED) is 0.715. The molecule has 1 unspecified atom stereocenters. The maximum atomic E-state index is 5.38. The van der Waals surface area contributed by atoms with E-state index in [2.05, 4.69) is 12.1 Å². The molecule has 0 radical (unpaired) electrons. The van der Waals surface area contributed by atoms with Crippen LogP contribution in [0.2, 0.25) is 0 Å². The van der Waals surface area contributed by atoms with E-state index in [-0.39, 0.29) is 0 Å². The van der Waals surface area contributed by atoms with Gasteiger partial charge in [0.15, 0.2) is 0 Å². The van der Waals surface area contributed by atoms with E-state index in [4.69, 9.17) is 9.47 Å². The Balaban J connectivity index is 2.25. The van der Waals surface area contributed by atoms with Crippen LogP contribution in [0.1, 0.15) is 17.5 Å². The first-order valence-corrected chi connectivity index (χ1v) is 5.02. The van der Waals surface area contributed by atoms with Crippen LogP contribution >= 0.6 is 0 Å². The van der Waals surface area contributed by atoms with E-state index in [1.54, 1.807) is 14.2 Å². The van der Waals surface area contributed by atoms with Crippen molar-refractivity contribution in [2.75, 3.05) is 14.2 Å². The Morgan fingerprint density at radius 3 is 2.79 bits per heavy atom. The van der Waals surface area contributed by atoms with Gasteiger partial charge in [-0.05, 0) is 42.5 Å². The second-order valence-corrected chi connectivity index (χ2v) is 3.74. The molecule has 0 heterocycles. The molecule has 2 rings (SSSR count). The molecule has 0 N–H and O–H groups in total. The first-order chi connectivity index (χ1) is 6.83. The molecule has 0 amide bonds. The predicted molar refractivity (Wildman–Crippen MR) is 55.8 cm³/mol. The molecule has 1 aliphatic carbocycles. The van der Waals surface area contributed by atoms with Gasteiger partial charge in [-0.2, -0.15) is 0 Å². The van der Waals surface area contributed by atoms with Crippen molar-refractivity contribution in [2.45, 2.75) is 25.4 Å².